The molecule has 0 aliphatic rings. The first-order valence-corrected chi connectivity index (χ1v) is 10.6. The summed E-state index contributed by atoms with van der Waals surface area (Å²) < 4.78 is 20.2. The van der Waals surface area contributed by atoms with E-state index < -0.39 is 23.3 Å². The molecule has 3 heterocycles. The summed E-state index contributed by atoms with van der Waals surface area (Å²) in [5.74, 6) is -1.83. The van der Waals surface area contributed by atoms with E-state index in [1.807, 2.05) is 0 Å². The molecule has 0 saturated carbocycles. The van der Waals surface area contributed by atoms with E-state index in [9.17, 15) is 18.8 Å². The van der Waals surface area contributed by atoms with Crippen molar-refractivity contribution in [2.45, 2.75) is 6.92 Å². The minimum atomic E-state index is -0.749. The third-order valence-electron chi connectivity index (χ3n) is 4.21. The Morgan fingerprint density at radius 1 is 1.23 bits per heavy atom. The van der Waals surface area contributed by atoms with Crippen LogP contribution in [0.2, 0.25) is 0 Å². The van der Waals surface area contributed by atoms with Gasteiger partial charge >= 0.3 is 5.97 Å². The number of halogens is 1. The summed E-state index contributed by atoms with van der Waals surface area (Å²) in [6.45, 7) is 1.74. The van der Waals surface area contributed by atoms with Gasteiger partial charge in [0.1, 0.15) is 16.5 Å². The average Bonchev–Trinajstić information content (AvgIpc) is 3.40. The van der Waals surface area contributed by atoms with Crippen LogP contribution in [-0.4, -0.2) is 28.3 Å². The fraction of sp³-hybridized carbons (Fsp3) is 0.100. The van der Waals surface area contributed by atoms with Gasteiger partial charge in [0.25, 0.3) is 11.5 Å². The van der Waals surface area contributed by atoms with Crippen LogP contribution in [0, 0.1) is 5.82 Å². The fourth-order valence-corrected chi connectivity index (χ4v) is 4.42. The summed E-state index contributed by atoms with van der Waals surface area (Å²) in [4.78, 5) is 38.2. The molecule has 1 aromatic carbocycles. The van der Waals surface area contributed by atoms with Gasteiger partial charge in [0.2, 0.25) is 0 Å². The molecule has 7 nitrogen and oxygen atoms in total. The number of ether oxygens (including phenoxy) is 1. The molecule has 1 amide bonds. The molecular formula is C20H14FN3O4S2. The highest BCUT2D eigenvalue weighted by molar-refractivity contribution is 7.16. The van der Waals surface area contributed by atoms with Crippen molar-refractivity contribution >= 4 is 50.3 Å². The molecule has 30 heavy (non-hydrogen) atoms. The van der Waals surface area contributed by atoms with E-state index in [1.54, 1.807) is 35.2 Å². The highest BCUT2D eigenvalue weighted by Gasteiger charge is 2.24. The molecule has 0 aliphatic heterocycles. The van der Waals surface area contributed by atoms with Crippen molar-refractivity contribution in [3.63, 3.8) is 0 Å². The minimum Gasteiger partial charge on any atom is -0.461 e. The molecule has 1 N–H and O–H groups in total. The Kier molecular flexibility index (Phi) is 5.42. The molecule has 4 rings (SSSR count). The molecular weight excluding hydrogens is 429 g/mol. The number of aromatic nitrogens is 2. The van der Waals surface area contributed by atoms with Crippen molar-refractivity contribution in [2.24, 2.45) is 0 Å². The molecule has 0 aliphatic carbocycles. The van der Waals surface area contributed by atoms with Crippen LogP contribution in [0.1, 0.15) is 27.8 Å². The number of nitrogens with one attached hydrogen (secondary N) is 1. The minimum absolute atomic E-state index is 0.0601. The zero-order chi connectivity index (χ0) is 21.3. The zero-order valence-electron chi connectivity index (χ0n) is 15.5. The quantitative estimate of drug-likeness (QED) is 0.470. The van der Waals surface area contributed by atoms with E-state index in [0.717, 1.165) is 16.0 Å². The summed E-state index contributed by atoms with van der Waals surface area (Å²) in [7, 11) is 0. The number of carbonyl (C=O) groups excluding carboxylic acids is 2. The van der Waals surface area contributed by atoms with E-state index in [2.05, 4.69) is 10.4 Å². The summed E-state index contributed by atoms with van der Waals surface area (Å²) in [5, 5.41) is 12.3. The average molecular weight is 443 g/mol. The summed E-state index contributed by atoms with van der Waals surface area (Å²) >= 11 is 2.44. The number of fused-ring (bicyclic) bond motifs is 1. The molecule has 0 spiro atoms. The van der Waals surface area contributed by atoms with E-state index >= 15 is 0 Å². The Hall–Kier alpha value is -3.37. The van der Waals surface area contributed by atoms with Gasteiger partial charge in [-0.15, -0.1) is 11.3 Å². The van der Waals surface area contributed by atoms with Gasteiger partial charge in [-0.05, 0) is 30.5 Å². The number of nitrogens with zero attached hydrogens (tertiary/aromatic N) is 2. The smallest absolute Gasteiger partial charge is 0.359 e. The number of hydrogen-bond donors (Lipinski definition) is 1. The first-order chi connectivity index (χ1) is 14.5. The Morgan fingerprint density at radius 2 is 2.03 bits per heavy atom. The maximum absolute atomic E-state index is 14.4. The predicted octanol–water partition coefficient (Wildman–Crippen LogP) is 4.08. The third kappa shape index (κ3) is 3.51. The van der Waals surface area contributed by atoms with Gasteiger partial charge in [0, 0.05) is 16.1 Å². The monoisotopic (exact) mass is 443 g/mol. The summed E-state index contributed by atoms with van der Waals surface area (Å²) in [5.41, 5.74) is -0.473. The van der Waals surface area contributed by atoms with Crippen LogP contribution in [0.4, 0.5) is 9.39 Å². The van der Waals surface area contributed by atoms with E-state index in [0.29, 0.717) is 5.56 Å². The molecule has 152 valence electrons. The second kappa shape index (κ2) is 8.17. The first-order valence-electron chi connectivity index (χ1n) is 8.81. The molecule has 0 saturated heterocycles. The van der Waals surface area contributed by atoms with Gasteiger partial charge in [-0.3, -0.25) is 9.59 Å². The molecule has 0 unspecified atom stereocenters. The van der Waals surface area contributed by atoms with Crippen LogP contribution < -0.4 is 10.9 Å². The van der Waals surface area contributed by atoms with Crippen LogP contribution in [-0.2, 0) is 4.74 Å². The van der Waals surface area contributed by atoms with Crippen molar-refractivity contribution < 1.29 is 18.7 Å². The highest BCUT2D eigenvalue weighted by Crippen LogP contribution is 2.31. The lowest BCUT2D eigenvalue weighted by Gasteiger charge is -2.10. The van der Waals surface area contributed by atoms with Crippen LogP contribution >= 0.6 is 22.7 Å². The maximum Gasteiger partial charge on any atom is 0.359 e. The second-order valence-electron chi connectivity index (χ2n) is 6.06. The standard InChI is InChI=1S/C20H14FN3O4S2/c1-2-28-20(27)16-12-10-30-18(22-17(25)11-7-8-29-9-11)15(12)19(26)24(23-16)14-6-4-3-5-13(14)21/h3-10H,2H2,1H3,(H,22,25). The molecule has 3 aromatic heterocycles. The van der Waals surface area contributed by atoms with Crippen molar-refractivity contribution in [3.05, 3.63) is 73.9 Å². The summed E-state index contributed by atoms with van der Waals surface area (Å²) in [6.07, 6.45) is 0. The molecule has 0 fully saturated rings. The Labute approximate surface area is 177 Å². The van der Waals surface area contributed by atoms with E-state index in [-0.39, 0.29) is 33.8 Å². The number of para-hydroxylation sites is 1. The van der Waals surface area contributed by atoms with Crippen LogP contribution in [0.5, 0.6) is 0 Å². The van der Waals surface area contributed by atoms with Crippen molar-refractivity contribution in [3.8, 4) is 5.69 Å². The normalized spacial score (nSPS) is 10.9. The lowest BCUT2D eigenvalue weighted by molar-refractivity contribution is 0.0519. The number of hydrogen-bond acceptors (Lipinski definition) is 7. The number of benzene rings is 1. The van der Waals surface area contributed by atoms with Gasteiger partial charge in [-0.25, -0.2) is 9.18 Å². The topological polar surface area (TPSA) is 90.3 Å². The number of thiophene rings is 2. The van der Waals surface area contributed by atoms with Crippen LogP contribution in [0.15, 0.2) is 51.3 Å². The number of esters is 1. The van der Waals surface area contributed by atoms with Gasteiger partial charge in [-0.1, -0.05) is 12.1 Å². The molecule has 10 heteroatoms. The van der Waals surface area contributed by atoms with Gasteiger partial charge in [-0.2, -0.15) is 21.1 Å². The second-order valence-corrected chi connectivity index (χ2v) is 7.72. The van der Waals surface area contributed by atoms with Gasteiger partial charge in [0.15, 0.2) is 5.69 Å². The zero-order valence-corrected chi connectivity index (χ0v) is 17.2. The summed E-state index contributed by atoms with van der Waals surface area (Å²) in [6, 6.07) is 7.24. The predicted molar refractivity (Wildman–Crippen MR) is 113 cm³/mol. The Morgan fingerprint density at radius 3 is 2.73 bits per heavy atom. The Balaban J connectivity index is 1.94. The molecule has 4 aromatic rings. The third-order valence-corrected chi connectivity index (χ3v) is 5.79. The maximum atomic E-state index is 14.4. The van der Waals surface area contributed by atoms with E-state index in [1.165, 1.54) is 29.5 Å². The van der Waals surface area contributed by atoms with Crippen LogP contribution in [0.3, 0.4) is 0 Å². The number of carbonyl (C=O) groups is 2. The van der Waals surface area contributed by atoms with Crippen molar-refractivity contribution in [1.82, 2.24) is 9.78 Å². The first kappa shape index (κ1) is 19.9. The van der Waals surface area contributed by atoms with E-state index in [4.69, 9.17) is 4.74 Å². The fourth-order valence-electron chi connectivity index (χ4n) is 2.85. The lowest BCUT2D eigenvalue weighted by atomic mass is 10.2. The number of rotatable bonds is 5. The lowest BCUT2D eigenvalue weighted by Crippen LogP contribution is -2.26. The van der Waals surface area contributed by atoms with Crippen molar-refractivity contribution in [1.29, 1.82) is 0 Å². The van der Waals surface area contributed by atoms with Gasteiger partial charge < -0.3 is 10.1 Å². The number of anilines is 1. The number of amides is 1. The molecule has 0 atom stereocenters. The van der Waals surface area contributed by atoms with Gasteiger partial charge in [0.05, 0.1) is 17.6 Å². The molecule has 0 radical (unpaired) electrons. The Bertz CT molecular complexity index is 1310. The SMILES string of the molecule is CCOC(=O)c1nn(-c2ccccc2F)c(=O)c2c(NC(=O)c3ccsc3)scc12. The largest absolute Gasteiger partial charge is 0.461 e. The highest BCUT2D eigenvalue weighted by atomic mass is 32.1. The molecule has 0 bridgehead atoms. The van der Waals surface area contributed by atoms with Crippen molar-refractivity contribution in [2.75, 3.05) is 11.9 Å². The van der Waals surface area contributed by atoms with Crippen LogP contribution in [0.25, 0.3) is 16.5 Å².